The first-order valence-electron chi connectivity index (χ1n) is 6.24. The van der Waals surface area contributed by atoms with E-state index in [2.05, 4.69) is 10.4 Å². The van der Waals surface area contributed by atoms with Crippen molar-refractivity contribution < 1.29 is 4.79 Å². The summed E-state index contributed by atoms with van der Waals surface area (Å²) in [5, 5.41) is 7.24. The Bertz CT molecular complexity index is 582. The zero-order valence-electron chi connectivity index (χ0n) is 11.5. The Kier molecular flexibility index (Phi) is 5.73. The van der Waals surface area contributed by atoms with Crippen molar-refractivity contribution in [3.8, 4) is 5.69 Å². The van der Waals surface area contributed by atoms with Crippen LogP contribution in [-0.2, 0) is 4.79 Å². The third-order valence-corrected chi connectivity index (χ3v) is 2.93. The molecule has 0 aliphatic carbocycles. The number of anilines is 1. The number of nitrogens with two attached hydrogens (primary N) is 1. The van der Waals surface area contributed by atoms with Gasteiger partial charge >= 0.3 is 0 Å². The van der Waals surface area contributed by atoms with E-state index in [1.165, 1.54) is 0 Å². The van der Waals surface area contributed by atoms with Crippen LogP contribution in [-0.4, -0.2) is 22.2 Å². The van der Waals surface area contributed by atoms with Gasteiger partial charge in [-0.15, -0.1) is 12.4 Å². The summed E-state index contributed by atoms with van der Waals surface area (Å²) in [5.74, 6) is -0.300. The molecule has 1 amide bonds. The largest absolute Gasteiger partial charge is 0.330 e. The molecule has 1 heterocycles. The van der Waals surface area contributed by atoms with E-state index in [9.17, 15) is 4.79 Å². The number of hydrogen-bond acceptors (Lipinski definition) is 3. The molecule has 0 fully saturated rings. The zero-order valence-corrected chi connectivity index (χ0v) is 12.4. The molecule has 1 aromatic heterocycles. The molecule has 1 aromatic carbocycles. The SMILES string of the molecule is Cc1ccn(-c2ccccc2NC(=O)C(C)CN)n1.Cl. The molecule has 1 atom stereocenters. The molecular weight excluding hydrogens is 276 g/mol. The molecule has 108 valence electrons. The van der Waals surface area contributed by atoms with Crippen molar-refractivity contribution in [2.24, 2.45) is 11.7 Å². The number of para-hydroxylation sites is 2. The fourth-order valence-corrected chi connectivity index (χ4v) is 1.69. The lowest BCUT2D eigenvalue weighted by molar-refractivity contribution is -0.119. The average molecular weight is 295 g/mol. The van der Waals surface area contributed by atoms with E-state index in [4.69, 9.17) is 5.73 Å². The number of aryl methyl sites for hydroxylation is 1. The number of hydrogen-bond donors (Lipinski definition) is 2. The molecule has 0 bridgehead atoms. The van der Waals surface area contributed by atoms with E-state index in [1.807, 2.05) is 43.5 Å². The molecule has 6 heteroatoms. The van der Waals surface area contributed by atoms with E-state index in [1.54, 1.807) is 11.6 Å². The first-order chi connectivity index (χ1) is 9.11. The topological polar surface area (TPSA) is 72.9 Å². The number of carbonyl (C=O) groups excluding carboxylic acids is 1. The van der Waals surface area contributed by atoms with E-state index >= 15 is 0 Å². The molecule has 0 aliphatic heterocycles. The molecule has 2 rings (SSSR count). The molecule has 0 aliphatic rings. The van der Waals surface area contributed by atoms with Crippen molar-refractivity contribution in [1.29, 1.82) is 0 Å². The second-order valence-corrected chi connectivity index (χ2v) is 4.54. The standard InChI is InChI=1S/C14H18N4O.ClH/c1-10(9-15)14(19)16-12-5-3-4-6-13(12)18-8-7-11(2)17-18;/h3-8,10H,9,15H2,1-2H3,(H,16,19);1H. The molecule has 2 aromatic rings. The summed E-state index contributed by atoms with van der Waals surface area (Å²) in [6, 6.07) is 9.47. The Labute approximate surface area is 124 Å². The fraction of sp³-hybridized carbons (Fsp3) is 0.286. The fourth-order valence-electron chi connectivity index (χ4n) is 1.69. The van der Waals surface area contributed by atoms with Gasteiger partial charge in [0.25, 0.3) is 0 Å². The van der Waals surface area contributed by atoms with Crippen molar-refractivity contribution in [3.05, 3.63) is 42.2 Å². The molecule has 5 nitrogen and oxygen atoms in total. The van der Waals surface area contributed by atoms with Crippen LogP contribution in [0, 0.1) is 12.8 Å². The van der Waals surface area contributed by atoms with Crippen LogP contribution in [0.2, 0.25) is 0 Å². The second-order valence-electron chi connectivity index (χ2n) is 4.54. The average Bonchev–Trinajstić information content (AvgIpc) is 2.85. The Balaban J connectivity index is 0.00000200. The Morgan fingerprint density at radius 3 is 2.70 bits per heavy atom. The van der Waals surface area contributed by atoms with Gasteiger partial charge in [-0.2, -0.15) is 5.10 Å². The lowest BCUT2D eigenvalue weighted by Gasteiger charge is -2.13. The quantitative estimate of drug-likeness (QED) is 0.907. The highest BCUT2D eigenvalue weighted by Gasteiger charge is 2.13. The summed E-state index contributed by atoms with van der Waals surface area (Å²) in [7, 11) is 0. The van der Waals surface area contributed by atoms with Gasteiger partial charge in [0.05, 0.1) is 17.1 Å². The number of halogens is 1. The van der Waals surface area contributed by atoms with Crippen LogP contribution in [0.3, 0.4) is 0 Å². The van der Waals surface area contributed by atoms with Crippen molar-refractivity contribution in [2.75, 3.05) is 11.9 Å². The summed E-state index contributed by atoms with van der Waals surface area (Å²) in [5.41, 5.74) is 8.00. The van der Waals surface area contributed by atoms with Gasteiger partial charge in [0.15, 0.2) is 0 Å². The molecule has 0 saturated heterocycles. The number of amides is 1. The third-order valence-electron chi connectivity index (χ3n) is 2.93. The number of aromatic nitrogens is 2. The predicted molar refractivity (Wildman–Crippen MR) is 82.4 cm³/mol. The first-order valence-corrected chi connectivity index (χ1v) is 6.24. The van der Waals surface area contributed by atoms with Crippen molar-refractivity contribution in [1.82, 2.24) is 9.78 Å². The van der Waals surface area contributed by atoms with Gasteiger partial charge in [0.1, 0.15) is 0 Å². The van der Waals surface area contributed by atoms with Gasteiger partial charge in [-0.25, -0.2) is 4.68 Å². The van der Waals surface area contributed by atoms with E-state index < -0.39 is 0 Å². The molecular formula is C14H19ClN4O. The maximum Gasteiger partial charge on any atom is 0.228 e. The highest BCUT2D eigenvalue weighted by molar-refractivity contribution is 5.94. The number of rotatable bonds is 4. The zero-order chi connectivity index (χ0) is 13.8. The van der Waals surface area contributed by atoms with Crippen LogP contribution in [0.4, 0.5) is 5.69 Å². The minimum absolute atomic E-state index is 0. The van der Waals surface area contributed by atoms with Gasteiger partial charge in [-0.1, -0.05) is 19.1 Å². The van der Waals surface area contributed by atoms with Crippen LogP contribution >= 0.6 is 12.4 Å². The Morgan fingerprint density at radius 1 is 1.40 bits per heavy atom. The first kappa shape index (κ1) is 16.2. The second kappa shape index (κ2) is 7.07. The lowest BCUT2D eigenvalue weighted by Crippen LogP contribution is -2.27. The minimum atomic E-state index is -0.215. The highest BCUT2D eigenvalue weighted by Crippen LogP contribution is 2.20. The monoisotopic (exact) mass is 294 g/mol. The maximum absolute atomic E-state index is 11.9. The van der Waals surface area contributed by atoms with Crippen molar-refractivity contribution in [3.63, 3.8) is 0 Å². The maximum atomic E-state index is 11.9. The molecule has 0 saturated carbocycles. The van der Waals surface area contributed by atoms with Crippen LogP contribution in [0.1, 0.15) is 12.6 Å². The van der Waals surface area contributed by atoms with E-state index in [-0.39, 0.29) is 24.2 Å². The molecule has 0 radical (unpaired) electrons. The smallest absolute Gasteiger partial charge is 0.228 e. The van der Waals surface area contributed by atoms with Gasteiger partial charge in [-0.05, 0) is 25.1 Å². The normalized spacial score (nSPS) is 11.6. The number of benzene rings is 1. The molecule has 1 unspecified atom stereocenters. The van der Waals surface area contributed by atoms with E-state index in [0.29, 0.717) is 6.54 Å². The van der Waals surface area contributed by atoms with Crippen molar-refractivity contribution in [2.45, 2.75) is 13.8 Å². The molecule has 20 heavy (non-hydrogen) atoms. The number of carbonyl (C=O) groups is 1. The predicted octanol–water partition coefficient (Wildman–Crippen LogP) is 2.14. The Hall–Kier alpha value is -1.85. The van der Waals surface area contributed by atoms with Gasteiger partial charge in [-0.3, -0.25) is 4.79 Å². The van der Waals surface area contributed by atoms with Crippen LogP contribution in [0.15, 0.2) is 36.5 Å². The molecule has 3 N–H and O–H groups in total. The minimum Gasteiger partial charge on any atom is -0.330 e. The highest BCUT2D eigenvalue weighted by atomic mass is 35.5. The summed E-state index contributed by atoms with van der Waals surface area (Å²) in [6.07, 6.45) is 1.87. The third kappa shape index (κ3) is 3.59. The van der Waals surface area contributed by atoms with Gasteiger partial charge in [0, 0.05) is 18.7 Å². The van der Waals surface area contributed by atoms with Crippen molar-refractivity contribution >= 4 is 24.0 Å². The van der Waals surface area contributed by atoms with Crippen LogP contribution in [0.25, 0.3) is 5.69 Å². The van der Waals surface area contributed by atoms with Gasteiger partial charge < -0.3 is 11.1 Å². The Morgan fingerprint density at radius 2 is 2.10 bits per heavy atom. The summed E-state index contributed by atoms with van der Waals surface area (Å²) in [4.78, 5) is 11.9. The van der Waals surface area contributed by atoms with Crippen LogP contribution < -0.4 is 11.1 Å². The van der Waals surface area contributed by atoms with E-state index in [0.717, 1.165) is 17.1 Å². The number of nitrogens with zero attached hydrogens (tertiary/aromatic N) is 2. The molecule has 0 spiro atoms. The lowest BCUT2D eigenvalue weighted by atomic mass is 10.1. The summed E-state index contributed by atoms with van der Waals surface area (Å²) < 4.78 is 1.75. The summed E-state index contributed by atoms with van der Waals surface area (Å²) >= 11 is 0. The summed E-state index contributed by atoms with van der Waals surface area (Å²) in [6.45, 7) is 4.05. The van der Waals surface area contributed by atoms with Crippen LogP contribution in [0.5, 0.6) is 0 Å². The number of nitrogens with one attached hydrogen (secondary N) is 1. The van der Waals surface area contributed by atoms with Gasteiger partial charge in [0.2, 0.25) is 5.91 Å².